The van der Waals surface area contributed by atoms with Gasteiger partial charge in [0.2, 0.25) is 0 Å². The highest BCUT2D eigenvalue weighted by Crippen LogP contribution is 2.56. The topological polar surface area (TPSA) is 40.5 Å². The van der Waals surface area contributed by atoms with Gasteiger partial charge >= 0.3 is 0 Å². The molecule has 0 amide bonds. The number of benzene rings is 1. The van der Waals surface area contributed by atoms with Gasteiger partial charge in [-0.15, -0.1) is 0 Å². The number of hydrogen-bond donors (Lipinski definition) is 2. The first-order valence-corrected chi connectivity index (χ1v) is 8.37. The molecule has 0 aromatic heterocycles. The standard InChI is InChI=1S/C19H24O2/c1-2-19-8-7-12-9-15(21)11-16(12)18(19)5-3-13-10-14(20)4-6-17(13)19/h4,6,10,12,15,20-21H,2-3,5,7-9,11H2,1H3. The number of fused-ring (bicyclic) bond motifs is 4. The van der Waals surface area contributed by atoms with E-state index in [4.69, 9.17) is 0 Å². The fourth-order valence-electron chi connectivity index (χ4n) is 5.31. The molecule has 2 heteroatoms. The van der Waals surface area contributed by atoms with Crippen LogP contribution in [-0.2, 0) is 11.8 Å². The van der Waals surface area contributed by atoms with Gasteiger partial charge in [-0.05, 0) is 74.1 Å². The van der Waals surface area contributed by atoms with E-state index in [2.05, 4.69) is 13.0 Å². The number of allylic oxidation sites excluding steroid dienone is 1. The molecule has 3 unspecified atom stereocenters. The maximum atomic E-state index is 10.1. The molecule has 0 saturated heterocycles. The van der Waals surface area contributed by atoms with Crippen LogP contribution in [0.5, 0.6) is 5.75 Å². The predicted molar refractivity (Wildman–Crippen MR) is 83.4 cm³/mol. The number of hydrogen-bond acceptors (Lipinski definition) is 2. The van der Waals surface area contributed by atoms with Gasteiger partial charge in [0.25, 0.3) is 0 Å². The Morgan fingerprint density at radius 1 is 1.29 bits per heavy atom. The maximum absolute atomic E-state index is 10.1. The Kier molecular flexibility index (Phi) is 2.94. The van der Waals surface area contributed by atoms with Gasteiger partial charge in [-0.2, -0.15) is 0 Å². The predicted octanol–water partition coefficient (Wildman–Crippen LogP) is 3.85. The van der Waals surface area contributed by atoms with Gasteiger partial charge in [0, 0.05) is 5.41 Å². The van der Waals surface area contributed by atoms with Crippen LogP contribution in [0.4, 0.5) is 0 Å². The molecular formula is C19H24O2. The minimum Gasteiger partial charge on any atom is -0.508 e. The Balaban J connectivity index is 1.90. The Morgan fingerprint density at radius 3 is 2.95 bits per heavy atom. The summed E-state index contributed by atoms with van der Waals surface area (Å²) in [4.78, 5) is 0. The van der Waals surface area contributed by atoms with Crippen molar-refractivity contribution in [2.45, 2.75) is 63.4 Å². The molecule has 0 spiro atoms. The average Bonchev–Trinajstić information content (AvgIpc) is 2.86. The minimum atomic E-state index is -0.119. The second-order valence-electron chi connectivity index (χ2n) is 7.11. The van der Waals surface area contributed by atoms with E-state index in [-0.39, 0.29) is 11.5 Å². The zero-order valence-corrected chi connectivity index (χ0v) is 12.7. The lowest BCUT2D eigenvalue weighted by molar-refractivity contribution is 0.177. The maximum Gasteiger partial charge on any atom is 0.115 e. The van der Waals surface area contributed by atoms with Crippen LogP contribution in [-0.4, -0.2) is 16.3 Å². The number of aliphatic hydroxyl groups excluding tert-OH is 1. The van der Waals surface area contributed by atoms with Crippen LogP contribution < -0.4 is 0 Å². The molecule has 2 nitrogen and oxygen atoms in total. The van der Waals surface area contributed by atoms with E-state index in [0.717, 1.165) is 32.1 Å². The second kappa shape index (κ2) is 4.61. The average molecular weight is 284 g/mol. The number of aromatic hydroxyl groups is 1. The molecule has 2 N–H and O–H groups in total. The molecule has 1 aromatic carbocycles. The van der Waals surface area contributed by atoms with Crippen molar-refractivity contribution < 1.29 is 10.2 Å². The molecule has 0 radical (unpaired) electrons. The van der Waals surface area contributed by atoms with Crippen LogP contribution in [0.2, 0.25) is 0 Å². The first-order chi connectivity index (χ1) is 10.1. The first-order valence-electron chi connectivity index (χ1n) is 8.37. The zero-order valence-electron chi connectivity index (χ0n) is 12.7. The first kappa shape index (κ1) is 13.4. The van der Waals surface area contributed by atoms with E-state index in [1.165, 1.54) is 24.0 Å². The van der Waals surface area contributed by atoms with E-state index in [1.807, 2.05) is 12.1 Å². The summed E-state index contributed by atoms with van der Waals surface area (Å²) in [6, 6.07) is 5.96. The molecule has 112 valence electrons. The summed E-state index contributed by atoms with van der Waals surface area (Å²) in [6.07, 6.45) is 7.45. The summed E-state index contributed by atoms with van der Waals surface area (Å²) in [6.45, 7) is 2.30. The van der Waals surface area contributed by atoms with Gasteiger partial charge in [0.05, 0.1) is 6.10 Å². The van der Waals surface area contributed by atoms with Crippen molar-refractivity contribution in [1.29, 1.82) is 0 Å². The van der Waals surface area contributed by atoms with Gasteiger partial charge < -0.3 is 10.2 Å². The number of aliphatic hydroxyl groups is 1. The molecular weight excluding hydrogens is 260 g/mol. The lowest BCUT2D eigenvalue weighted by atomic mass is 9.57. The van der Waals surface area contributed by atoms with Gasteiger partial charge in [0.15, 0.2) is 0 Å². The van der Waals surface area contributed by atoms with Crippen molar-refractivity contribution in [3.63, 3.8) is 0 Å². The van der Waals surface area contributed by atoms with Crippen molar-refractivity contribution in [1.82, 2.24) is 0 Å². The molecule has 0 bridgehead atoms. The number of rotatable bonds is 1. The quantitative estimate of drug-likeness (QED) is 0.769. The lowest BCUT2D eigenvalue weighted by Gasteiger charge is -2.46. The second-order valence-corrected chi connectivity index (χ2v) is 7.11. The Hall–Kier alpha value is -1.28. The number of phenolic OH excluding ortho intramolecular Hbond substituents is 1. The van der Waals surface area contributed by atoms with Crippen molar-refractivity contribution >= 4 is 0 Å². The van der Waals surface area contributed by atoms with E-state index >= 15 is 0 Å². The highest BCUT2D eigenvalue weighted by atomic mass is 16.3. The van der Waals surface area contributed by atoms with E-state index < -0.39 is 0 Å². The third kappa shape index (κ3) is 1.81. The van der Waals surface area contributed by atoms with Crippen molar-refractivity contribution in [3.05, 3.63) is 40.5 Å². The smallest absolute Gasteiger partial charge is 0.115 e. The summed E-state index contributed by atoms with van der Waals surface area (Å²) in [5.74, 6) is 1.02. The van der Waals surface area contributed by atoms with Gasteiger partial charge in [0.1, 0.15) is 5.75 Å². The van der Waals surface area contributed by atoms with Gasteiger partial charge in [-0.1, -0.05) is 24.1 Å². The van der Waals surface area contributed by atoms with Crippen LogP contribution in [0.15, 0.2) is 29.3 Å². The van der Waals surface area contributed by atoms with Crippen LogP contribution >= 0.6 is 0 Å². The molecule has 21 heavy (non-hydrogen) atoms. The summed E-state index contributed by atoms with van der Waals surface area (Å²) < 4.78 is 0. The van der Waals surface area contributed by atoms with E-state index in [1.54, 1.807) is 11.1 Å². The third-order valence-electron chi connectivity index (χ3n) is 6.24. The molecule has 1 aromatic rings. The number of aryl methyl sites for hydroxylation is 1. The van der Waals surface area contributed by atoms with Crippen molar-refractivity contribution in [3.8, 4) is 5.75 Å². The van der Waals surface area contributed by atoms with Gasteiger partial charge in [-0.3, -0.25) is 0 Å². The summed E-state index contributed by atoms with van der Waals surface area (Å²) >= 11 is 0. The monoisotopic (exact) mass is 284 g/mol. The Labute approximate surface area is 126 Å². The fourth-order valence-corrected chi connectivity index (χ4v) is 5.31. The SMILES string of the molecule is CCC12CCC3CC(O)CC3=C1CCc1cc(O)ccc12. The van der Waals surface area contributed by atoms with Crippen LogP contribution in [0.3, 0.4) is 0 Å². The molecule has 1 fully saturated rings. The highest BCUT2D eigenvalue weighted by molar-refractivity contribution is 5.51. The van der Waals surface area contributed by atoms with Crippen molar-refractivity contribution in [2.24, 2.45) is 5.92 Å². The molecule has 3 aliphatic rings. The largest absolute Gasteiger partial charge is 0.508 e. The lowest BCUT2D eigenvalue weighted by Crippen LogP contribution is -2.37. The molecule has 0 heterocycles. The highest BCUT2D eigenvalue weighted by Gasteiger charge is 2.46. The van der Waals surface area contributed by atoms with Crippen LogP contribution in [0.1, 0.15) is 56.6 Å². The fraction of sp³-hybridized carbons (Fsp3) is 0.579. The summed E-state index contributed by atoms with van der Waals surface area (Å²) in [5.41, 5.74) is 6.16. The normalized spacial score (nSPS) is 34.4. The Bertz CT molecular complexity index is 616. The van der Waals surface area contributed by atoms with Gasteiger partial charge in [-0.25, -0.2) is 0 Å². The Morgan fingerprint density at radius 2 is 2.14 bits per heavy atom. The van der Waals surface area contributed by atoms with Crippen LogP contribution in [0.25, 0.3) is 0 Å². The zero-order chi connectivity index (χ0) is 14.6. The van der Waals surface area contributed by atoms with Crippen molar-refractivity contribution in [2.75, 3.05) is 0 Å². The summed E-state index contributed by atoms with van der Waals surface area (Å²) in [5, 5.41) is 19.9. The van der Waals surface area contributed by atoms with E-state index in [9.17, 15) is 10.2 Å². The molecule has 1 saturated carbocycles. The molecule has 0 aliphatic heterocycles. The molecule has 4 rings (SSSR count). The van der Waals surface area contributed by atoms with Crippen LogP contribution in [0, 0.1) is 5.92 Å². The number of phenols is 1. The summed E-state index contributed by atoms with van der Waals surface area (Å²) in [7, 11) is 0. The van der Waals surface area contributed by atoms with E-state index in [0.29, 0.717) is 11.7 Å². The minimum absolute atomic E-state index is 0.119. The molecule has 3 aliphatic carbocycles. The third-order valence-corrected chi connectivity index (χ3v) is 6.24. The molecule has 3 atom stereocenters.